The number of hydrogen-bond acceptors (Lipinski definition) is 1. The van der Waals surface area contributed by atoms with Crippen LogP contribution in [0.3, 0.4) is 0 Å². The topological polar surface area (TPSA) is 9.23 Å². The van der Waals surface area contributed by atoms with Crippen molar-refractivity contribution in [1.82, 2.24) is 0 Å². The highest BCUT2D eigenvalue weighted by molar-refractivity contribution is 4.50. The highest BCUT2D eigenvalue weighted by Crippen LogP contribution is 2.14. The average Bonchev–Trinajstić information content (AvgIpc) is 2.66. The Morgan fingerprint density at radius 3 is 0.846 bits per heavy atom. The van der Waals surface area contributed by atoms with E-state index in [-0.39, 0.29) is 0 Å². The molecule has 0 bridgehead atoms. The van der Waals surface area contributed by atoms with E-state index in [9.17, 15) is 0 Å². The summed E-state index contributed by atoms with van der Waals surface area (Å²) in [6, 6.07) is 0. The summed E-state index contributed by atoms with van der Waals surface area (Å²) in [5.41, 5.74) is 0. The largest absolute Gasteiger partial charge is 0.381 e. The van der Waals surface area contributed by atoms with E-state index in [0.29, 0.717) is 0 Å². The zero-order valence-electron chi connectivity index (χ0n) is 18.7. The molecule has 0 rings (SSSR count). The van der Waals surface area contributed by atoms with Gasteiger partial charge in [-0.2, -0.15) is 0 Å². The van der Waals surface area contributed by atoms with Crippen LogP contribution in [0.15, 0.2) is 0 Å². The lowest BCUT2D eigenvalue weighted by Crippen LogP contribution is -1.97. The second kappa shape index (κ2) is 25.0. The third kappa shape index (κ3) is 24.0. The van der Waals surface area contributed by atoms with Gasteiger partial charge in [0, 0.05) is 13.2 Å². The molecule has 0 aliphatic rings. The second-order valence-corrected chi connectivity index (χ2v) is 8.33. The predicted octanol–water partition coefficient (Wildman–Crippen LogP) is 9.23. The van der Waals surface area contributed by atoms with Crippen molar-refractivity contribution in [3.8, 4) is 0 Å². The van der Waals surface area contributed by atoms with Crippen LogP contribution in [0, 0.1) is 0 Å². The summed E-state index contributed by atoms with van der Waals surface area (Å²) >= 11 is 0. The fraction of sp³-hybridized carbons (Fsp3) is 1.00. The molecule has 0 aromatic rings. The van der Waals surface area contributed by atoms with Gasteiger partial charge in [-0.1, -0.05) is 136 Å². The molecule has 1 heteroatoms. The van der Waals surface area contributed by atoms with Crippen LogP contribution in [-0.4, -0.2) is 13.2 Å². The third-order valence-electron chi connectivity index (χ3n) is 5.53. The molecular weight excluding hydrogens is 316 g/mol. The van der Waals surface area contributed by atoms with Crippen molar-refractivity contribution in [2.45, 2.75) is 149 Å². The third-order valence-corrected chi connectivity index (χ3v) is 5.53. The molecule has 0 heterocycles. The molecule has 0 spiro atoms. The Hall–Kier alpha value is -0.0400. The Bertz CT molecular complexity index is 202. The van der Waals surface area contributed by atoms with Crippen LogP contribution in [0.1, 0.15) is 149 Å². The monoisotopic (exact) mass is 368 g/mol. The highest BCUT2D eigenvalue weighted by Gasteiger charge is 1.95. The van der Waals surface area contributed by atoms with E-state index in [2.05, 4.69) is 13.8 Å². The fourth-order valence-electron chi connectivity index (χ4n) is 3.66. The molecular formula is C25H52O. The molecule has 0 saturated carbocycles. The van der Waals surface area contributed by atoms with Gasteiger partial charge in [0.2, 0.25) is 0 Å². The smallest absolute Gasteiger partial charge is 0.0466 e. The van der Waals surface area contributed by atoms with Crippen LogP contribution in [0.25, 0.3) is 0 Å². The van der Waals surface area contributed by atoms with Gasteiger partial charge in [0.25, 0.3) is 0 Å². The summed E-state index contributed by atoms with van der Waals surface area (Å²) < 4.78 is 5.70. The standard InChI is InChI=1S/C25H52O/c1-3-5-7-9-10-11-12-13-14-15-16-17-18-19-20-21-23-25-26-24-22-8-6-4-2/h3-25H2,1-2H3. The average molecular weight is 369 g/mol. The van der Waals surface area contributed by atoms with Gasteiger partial charge in [-0.3, -0.25) is 0 Å². The first-order chi connectivity index (χ1) is 12.9. The molecule has 0 radical (unpaired) electrons. The quantitative estimate of drug-likeness (QED) is 0.163. The van der Waals surface area contributed by atoms with Crippen molar-refractivity contribution in [1.29, 1.82) is 0 Å². The van der Waals surface area contributed by atoms with Crippen LogP contribution in [0.4, 0.5) is 0 Å². The zero-order valence-corrected chi connectivity index (χ0v) is 18.7. The SMILES string of the molecule is CCCCCCCCCCCCCCCCCCCOCCCCCC. The second-order valence-electron chi connectivity index (χ2n) is 8.33. The van der Waals surface area contributed by atoms with Crippen molar-refractivity contribution in [2.24, 2.45) is 0 Å². The van der Waals surface area contributed by atoms with Gasteiger partial charge in [-0.25, -0.2) is 0 Å². The first kappa shape index (κ1) is 26.0. The predicted molar refractivity (Wildman–Crippen MR) is 119 cm³/mol. The summed E-state index contributed by atoms with van der Waals surface area (Å²) in [5.74, 6) is 0. The van der Waals surface area contributed by atoms with Crippen molar-refractivity contribution in [3.63, 3.8) is 0 Å². The molecule has 0 aliphatic heterocycles. The molecule has 158 valence electrons. The van der Waals surface area contributed by atoms with Crippen LogP contribution in [0.5, 0.6) is 0 Å². The van der Waals surface area contributed by atoms with Gasteiger partial charge >= 0.3 is 0 Å². The minimum Gasteiger partial charge on any atom is -0.381 e. The Labute approximate surface area is 167 Å². The molecule has 0 amide bonds. The van der Waals surface area contributed by atoms with Gasteiger partial charge in [-0.05, 0) is 12.8 Å². The first-order valence-electron chi connectivity index (χ1n) is 12.5. The maximum atomic E-state index is 5.70. The van der Waals surface area contributed by atoms with Crippen molar-refractivity contribution in [2.75, 3.05) is 13.2 Å². The van der Waals surface area contributed by atoms with Gasteiger partial charge in [0.05, 0.1) is 0 Å². The summed E-state index contributed by atoms with van der Waals surface area (Å²) in [6.07, 6.45) is 29.8. The molecule has 0 atom stereocenters. The molecule has 26 heavy (non-hydrogen) atoms. The van der Waals surface area contributed by atoms with E-state index in [0.717, 1.165) is 13.2 Å². The van der Waals surface area contributed by atoms with E-state index < -0.39 is 0 Å². The van der Waals surface area contributed by atoms with E-state index in [1.54, 1.807) is 0 Å². The number of ether oxygens (including phenoxy) is 1. The molecule has 0 saturated heterocycles. The van der Waals surface area contributed by atoms with Gasteiger partial charge in [0.15, 0.2) is 0 Å². The van der Waals surface area contributed by atoms with Crippen LogP contribution >= 0.6 is 0 Å². The minimum absolute atomic E-state index is 0.985. The Morgan fingerprint density at radius 1 is 0.308 bits per heavy atom. The molecule has 0 unspecified atom stereocenters. The zero-order chi connectivity index (χ0) is 19.0. The van der Waals surface area contributed by atoms with Gasteiger partial charge in [0.1, 0.15) is 0 Å². The molecule has 0 aromatic heterocycles. The lowest BCUT2D eigenvalue weighted by Gasteiger charge is -2.05. The number of unbranched alkanes of at least 4 members (excludes halogenated alkanes) is 19. The molecule has 0 aromatic carbocycles. The van der Waals surface area contributed by atoms with E-state index in [1.165, 1.54) is 135 Å². The first-order valence-corrected chi connectivity index (χ1v) is 12.5. The van der Waals surface area contributed by atoms with Gasteiger partial charge in [-0.15, -0.1) is 0 Å². The number of rotatable bonds is 23. The maximum absolute atomic E-state index is 5.70. The molecule has 0 aliphatic carbocycles. The molecule has 0 fully saturated rings. The van der Waals surface area contributed by atoms with Crippen LogP contribution in [0.2, 0.25) is 0 Å². The Morgan fingerprint density at radius 2 is 0.538 bits per heavy atom. The van der Waals surface area contributed by atoms with Gasteiger partial charge < -0.3 is 4.74 Å². The summed E-state index contributed by atoms with van der Waals surface area (Å²) in [5, 5.41) is 0. The minimum atomic E-state index is 0.985. The van der Waals surface area contributed by atoms with E-state index >= 15 is 0 Å². The highest BCUT2D eigenvalue weighted by atomic mass is 16.5. The lowest BCUT2D eigenvalue weighted by atomic mass is 10.0. The normalized spacial score (nSPS) is 11.3. The van der Waals surface area contributed by atoms with E-state index in [1.807, 2.05) is 0 Å². The van der Waals surface area contributed by atoms with Crippen LogP contribution in [-0.2, 0) is 4.74 Å². The lowest BCUT2D eigenvalue weighted by molar-refractivity contribution is 0.125. The maximum Gasteiger partial charge on any atom is 0.0466 e. The Balaban J connectivity index is 2.95. The number of hydrogen-bond donors (Lipinski definition) is 0. The Kier molecular flexibility index (Phi) is 24.9. The fourth-order valence-corrected chi connectivity index (χ4v) is 3.66. The summed E-state index contributed by atoms with van der Waals surface area (Å²) in [7, 11) is 0. The van der Waals surface area contributed by atoms with Crippen LogP contribution < -0.4 is 0 Å². The van der Waals surface area contributed by atoms with Crippen molar-refractivity contribution >= 4 is 0 Å². The summed E-state index contributed by atoms with van der Waals surface area (Å²) in [4.78, 5) is 0. The molecule has 1 nitrogen and oxygen atoms in total. The molecule has 0 N–H and O–H groups in total. The summed E-state index contributed by atoms with van der Waals surface area (Å²) in [6.45, 7) is 6.54. The van der Waals surface area contributed by atoms with Crippen molar-refractivity contribution < 1.29 is 4.74 Å². The van der Waals surface area contributed by atoms with Crippen molar-refractivity contribution in [3.05, 3.63) is 0 Å². The van der Waals surface area contributed by atoms with E-state index in [4.69, 9.17) is 4.74 Å².